The van der Waals surface area contributed by atoms with Gasteiger partial charge in [0.15, 0.2) is 0 Å². The molecular formula is C14H12ClF3N4OS. The summed E-state index contributed by atoms with van der Waals surface area (Å²) in [6.45, 7) is 1.24. The second kappa shape index (κ2) is 6.56. The Kier molecular flexibility index (Phi) is 4.64. The molecule has 10 heteroatoms. The minimum Gasteiger partial charge on any atom is -0.336 e. The molecule has 128 valence electrons. The first kappa shape index (κ1) is 17.0. The summed E-state index contributed by atoms with van der Waals surface area (Å²) in [6, 6.07) is 7.17. The van der Waals surface area contributed by atoms with Gasteiger partial charge in [-0.15, -0.1) is 10.2 Å². The van der Waals surface area contributed by atoms with Crippen molar-refractivity contribution in [3.05, 3.63) is 39.9 Å². The molecular weight excluding hydrogens is 365 g/mol. The van der Waals surface area contributed by atoms with Crippen molar-refractivity contribution in [1.29, 1.82) is 0 Å². The van der Waals surface area contributed by atoms with Crippen LogP contribution in [0, 0.1) is 0 Å². The molecule has 24 heavy (non-hydrogen) atoms. The average Bonchev–Trinajstić information content (AvgIpc) is 3.01. The number of nitrogens with zero attached hydrogens (tertiary/aromatic N) is 4. The van der Waals surface area contributed by atoms with Crippen molar-refractivity contribution >= 4 is 34.0 Å². The van der Waals surface area contributed by atoms with Gasteiger partial charge in [0, 0.05) is 24.7 Å². The number of rotatable bonds is 3. The highest BCUT2D eigenvalue weighted by Crippen LogP contribution is 2.34. The number of aromatic nitrogens is 2. The number of hydrogen-bond acceptors (Lipinski definition) is 5. The number of carbonyl (C=O) groups excluding carboxylic acids is 1. The topological polar surface area (TPSA) is 49.3 Å². The highest BCUT2D eigenvalue weighted by atomic mass is 35.5. The third-order valence-electron chi connectivity index (χ3n) is 3.53. The zero-order valence-corrected chi connectivity index (χ0v) is 13.8. The number of carbonyl (C=O) groups is 1. The van der Waals surface area contributed by atoms with Crippen LogP contribution in [0.5, 0.6) is 0 Å². The standard InChI is InChI=1S/C14H12ClF3N4OS/c15-10-3-1-9(2-4-10)7-21-5-6-22(8-11(21)23)13-20-19-12(24-13)14(16,17)18/h1-4H,5-8H2. The quantitative estimate of drug-likeness (QED) is 0.826. The number of halogens is 4. The largest absolute Gasteiger partial charge is 0.445 e. The smallest absolute Gasteiger partial charge is 0.336 e. The van der Waals surface area contributed by atoms with Crippen molar-refractivity contribution in [2.75, 3.05) is 24.5 Å². The maximum atomic E-state index is 12.6. The van der Waals surface area contributed by atoms with Crippen LogP contribution in [0.3, 0.4) is 0 Å². The van der Waals surface area contributed by atoms with Gasteiger partial charge < -0.3 is 9.80 Å². The molecule has 0 N–H and O–H groups in total. The summed E-state index contributed by atoms with van der Waals surface area (Å²) in [7, 11) is 0. The summed E-state index contributed by atoms with van der Waals surface area (Å²) in [5, 5.41) is 6.42. The molecule has 5 nitrogen and oxygen atoms in total. The van der Waals surface area contributed by atoms with Crippen molar-refractivity contribution in [3.8, 4) is 0 Å². The normalized spacial score (nSPS) is 15.9. The Hall–Kier alpha value is -1.87. The summed E-state index contributed by atoms with van der Waals surface area (Å²) < 4.78 is 37.7. The van der Waals surface area contributed by atoms with Gasteiger partial charge >= 0.3 is 6.18 Å². The summed E-state index contributed by atoms with van der Waals surface area (Å²) in [4.78, 5) is 15.4. The molecule has 0 saturated carbocycles. The predicted octanol–water partition coefficient (Wildman–Crippen LogP) is 3.06. The molecule has 0 unspecified atom stereocenters. The lowest BCUT2D eigenvalue weighted by molar-refractivity contribution is -0.138. The SMILES string of the molecule is O=C1CN(c2nnc(C(F)(F)F)s2)CCN1Cc1ccc(Cl)cc1. The lowest BCUT2D eigenvalue weighted by Gasteiger charge is -2.34. The van der Waals surface area contributed by atoms with E-state index >= 15 is 0 Å². The Morgan fingerprint density at radius 3 is 2.46 bits per heavy atom. The molecule has 1 aromatic carbocycles. The molecule has 1 amide bonds. The summed E-state index contributed by atoms with van der Waals surface area (Å²) in [6.07, 6.45) is -4.52. The van der Waals surface area contributed by atoms with Crippen molar-refractivity contribution in [2.24, 2.45) is 0 Å². The third kappa shape index (κ3) is 3.78. The number of alkyl halides is 3. The van der Waals surface area contributed by atoms with Gasteiger partial charge in [0.1, 0.15) is 0 Å². The van der Waals surface area contributed by atoms with E-state index in [2.05, 4.69) is 10.2 Å². The van der Waals surface area contributed by atoms with Gasteiger partial charge in [-0.2, -0.15) is 13.2 Å². The Balaban J connectivity index is 1.64. The first-order valence-electron chi connectivity index (χ1n) is 7.01. The minimum absolute atomic E-state index is 0.0138. The zero-order valence-electron chi connectivity index (χ0n) is 12.3. The first-order valence-corrected chi connectivity index (χ1v) is 8.20. The highest BCUT2D eigenvalue weighted by molar-refractivity contribution is 7.15. The number of anilines is 1. The molecule has 2 heterocycles. The van der Waals surface area contributed by atoms with Gasteiger partial charge in [-0.05, 0) is 17.7 Å². The van der Waals surface area contributed by atoms with Crippen LogP contribution in [0.2, 0.25) is 5.02 Å². The fourth-order valence-corrected chi connectivity index (χ4v) is 3.17. The molecule has 0 atom stereocenters. The molecule has 1 aromatic heterocycles. The molecule has 1 aliphatic heterocycles. The molecule has 0 radical (unpaired) electrons. The third-order valence-corrected chi connectivity index (χ3v) is 4.81. The average molecular weight is 377 g/mol. The molecule has 0 spiro atoms. The molecule has 1 saturated heterocycles. The van der Waals surface area contributed by atoms with Crippen LogP contribution in [0.4, 0.5) is 18.3 Å². The van der Waals surface area contributed by atoms with E-state index in [4.69, 9.17) is 11.6 Å². The molecule has 2 aromatic rings. The maximum Gasteiger partial charge on any atom is 0.445 e. The van der Waals surface area contributed by atoms with Gasteiger partial charge in [-0.1, -0.05) is 35.1 Å². The Morgan fingerprint density at radius 1 is 1.17 bits per heavy atom. The van der Waals surface area contributed by atoms with Crippen molar-refractivity contribution in [2.45, 2.75) is 12.7 Å². The molecule has 1 aliphatic rings. The van der Waals surface area contributed by atoms with Crippen LogP contribution >= 0.6 is 22.9 Å². The monoisotopic (exact) mass is 376 g/mol. The van der Waals surface area contributed by atoms with E-state index in [0.29, 0.717) is 36.0 Å². The van der Waals surface area contributed by atoms with E-state index in [1.165, 1.54) is 4.90 Å². The van der Waals surface area contributed by atoms with Gasteiger partial charge in [-0.3, -0.25) is 4.79 Å². The van der Waals surface area contributed by atoms with Gasteiger partial charge in [0.05, 0.1) is 6.54 Å². The lowest BCUT2D eigenvalue weighted by Crippen LogP contribution is -2.50. The summed E-state index contributed by atoms with van der Waals surface area (Å²) >= 11 is 6.27. The minimum atomic E-state index is -4.52. The van der Waals surface area contributed by atoms with Crippen LogP contribution in [0.25, 0.3) is 0 Å². The number of amides is 1. The number of benzene rings is 1. The summed E-state index contributed by atoms with van der Waals surface area (Å²) in [5.74, 6) is -0.167. The van der Waals surface area contributed by atoms with Gasteiger partial charge in [0.25, 0.3) is 0 Å². The van der Waals surface area contributed by atoms with Crippen molar-refractivity contribution < 1.29 is 18.0 Å². The van der Waals surface area contributed by atoms with E-state index in [1.54, 1.807) is 17.0 Å². The van der Waals surface area contributed by atoms with Gasteiger partial charge in [-0.25, -0.2) is 0 Å². The van der Waals surface area contributed by atoms with Crippen LogP contribution in [-0.4, -0.2) is 40.6 Å². The number of hydrogen-bond donors (Lipinski definition) is 0. The fraction of sp³-hybridized carbons (Fsp3) is 0.357. The predicted molar refractivity (Wildman–Crippen MR) is 84.0 cm³/mol. The molecule has 0 bridgehead atoms. The number of piperazine rings is 1. The molecule has 1 fully saturated rings. The van der Waals surface area contributed by atoms with E-state index in [0.717, 1.165) is 5.56 Å². The molecule has 0 aliphatic carbocycles. The zero-order chi connectivity index (χ0) is 17.3. The van der Waals surface area contributed by atoms with Crippen molar-refractivity contribution in [3.63, 3.8) is 0 Å². The van der Waals surface area contributed by atoms with E-state index in [9.17, 15) is 18.0 Å². The van der Waals surface area contributed by atoms with Crippen LogP contribution in [0.15, 0.2) is 24.3 Å². The van der Waals surface area contributed by atoms with E-state index < -0.39 is 11.2 Å². The highest BCUT2D eigenvalue weighted by Gasteiger charge is 2.37. The Bertz CT molecular complexity index is 734. The first-order chi connectivity index (χ1) is 11.3. The summed E-state index contributed by atoms with van der Waals surface area (Å²) in [5.41, 5.74) is 0.941. The lowest BCUT2D eigenvalue weighted by atomic mass is 10.2. The van der Waals surface area contributed by atoms with Crippen molar-refractivity contribution in [1.82, 2.24) is 15.1 Å². The van der Waals surface area contributed by atoms with Crippen LogP contribution < -0.4 is 4.90 Å². The second-order valence-electron chi connectivity index (χ2n) is 5.25. The Morgan fingerprint density at radius 2 is 1.88 bits per heavy atom. The van der Waals surface area contributed by atoms with E-state index in [-0.39, 0.29) is 17.6 Å². The van der Waals surface area contributed by atoms with Crippen LogP contribution in [0.1, 0.15) is 10.6 Å². The van der Waals surface area contributed by atoms with Crippen LogP contribution in [-0.2, 0) is 17.5 Å². The fourth-order valence-electron chi connectivity index (χ4n) is 2.31. The van der Waals surface area contributed by atoms with Gasteiger partial charge in [0.2, 0.25) is 16.0 Å². The molecule has 3 rings (SSSR count). The Labute approximate surface area is 144 Å². The maximum absolute atomic E-state index is 12.6. The van der Waals surface area contributed by atoms with E-state index in [1.807, 2.05) is 12.1 Å². The second-order valence-corrected chi connectivity index (χ2v) is 6.64.